The number of carbonyl (C=O) groups is 2. The molecular weight excluding hydrogens is 524 g/mol. The summed E-state index contributed by atoms with van der Waals surface area (Å²) in [5, 5.41) is 13.3. The number of aromatic nitrogens is 1. The molecule has 2 aromatic rings. The summed E-state index contributed by atoms with van der Waals surface area (Å²) in [5.74, 6) is -2.56. The maximum Gasteiger partial charge on any atom is 0.414 e. The molecule has 0 saturated carbocycles. The Morgan fingerprint density at radius 2 is 2.03 bits per heavy atom. The van der Waals surface area contributed by atoms with Crippen LogP contribution in [-0.4, -0.2) is 85.2 Å². The number of aliphatic hydroxyl groups is 1. The lowest BCUT2D eigenvalue weighted by atomic mass is 9.97. The highest BCUT2D eigenvalue weighted by molar-refractivity contribution is 7.80. The highest BCUT2D eigenvalue weighted by atomic mass is 32.3. The molecule has 37 heavy (non-hydrogen) atoms. The number of halogens is 2. The maximum atomic E-state index is 15.0. The molecule has 2 aliphatic rings. The predicted molar refractivity (Wildman–Crippen MR) is 119 cm³/mol. The summed E-state index contributed by atoms with van der Waals surface area (Å²) in [5.41, 5.74) is -0.121. The van der Waals surface area contributed by atoms with E-state index in [1.54, 1.807) is 0 Å². The van der Waals surface area contributed by atoms with Crippen molar-refractivity contribution in [3.8, 4) is 5.88 Å². The molecule has 3 heterocycles. The van der Waals surface area contributed by atoms with E-state index in [1.165, 1.54) is 18.4 Å². The van der Waals surface area contributed by atoms with Gasteiger partial charge in [0.15, 0.2) is 12.2 Å². The smallest absolute Gasteiger partial charge is 0.414 e. The molecule has 0 bridgehead atoms. The van der Waals surface area contributed by atoms with Crippen molar-refractivity contribution in [2.45, 2.75) is 18.6 Å². The molecule has 1 aromatic heterocycles. The van der Waals surface area contributed by atoms with Crippen molar-refractivity contribution in [2.24, 2.45) is 0 Å². The zero-order chi connectivity index (χ0) is 26.7. The molecule has 0 aliphatic carbocycles. The lowest BCUT2D eigenvalue weighted by Crippen LogP contribution is -2.43. The van der Waals surface area contributed by atoms with Crippen molar-refractivity contribution in [1.82, 2.24) is 10.1 Å². The molecule has 2 N–H and O–H groups in total. The molecule has 2 aliphatic heterocycles. The first-order chi connectivity index (χ1) is 17.5. The van der Waals surface area contributed by atoms with E-state index in [1.807, 2.05) is 0 Å². The Morgan fingerprint density at radius 1 is 1.30 bits per heavy atom. The number of aliphatic hydroxyl groups excluding tert-OH is 1. The van der Waals surface area contributed by atoms with E-state index in [-0.39, 0.29) is 55.4 Å². The zero-order valence-corrected chi connectivity index (χ0v) is 19.8. The summed E-state index contributed by atoms with van der Waals surface area (Å²) in [6.45, 7) is -1.19. The van der Waals surface area contributed by atoms with Crippen LogP contribution in [0.3, 0.4) is 0 Å². The molecule has 0 radical (unpaired) electrons. The molecule has 2 amide bonds. The van der Waals surface area contributed by atoms with Gasteiger partial charge in [0, 0.05) is 24.7 Å². The van der Waals surface area contributed by atoms with Crippen LogP contribution in [0.1, 0.15) is 12.0 Å². The largest absolute Gasteiger partial charge is 0.471 e. The lowest BCUT2D eigenvalue weighted by molar-refractivity contribution is -0.141. The molecule has 1 fully saturated rings. The Hall–Kier alpha value is -3.60. The van der Waals surface area contributed by atoms with Gasteiger partial charge in [-0.2, -0.15) is 8.42 Å². The fourth-order valence-electron chi connectivity index (χ4n) is 3.82. The molecule has 0 spiro atoms. The number of cyclic esters (lactones) is 1. The van der Waals surface area contributed by atoms with Crippen molar-refractivity contribution in [3.05, 3.63) is 47.7 Å². The van der Waals surface area contributed by atoms with Crippen LogP contribution in [0.25, 0.3) is 5.57 Å². The molecule has 2 atom stereocenters. The van der Waals surface area contributed by atoms with Crippen molar-refractivity contribution in [2.75, 3.05) is 37.7 Å². The number of hydrogen-bond acceptors (Lipinski definition) is 10. The number of ether oxygens (including phenoxy) is 2. The van der Waals surface area contributed by atoms with Gasteiger partial charge in [0.2, 0.25) is 0 Å². The Labute approximate surface area is 208 Å². The fraction of sp³-hybridized carbons (Fsp3) is 0.381. The van der Waals surface area contributed by atoms with Gasteiger partial charge in [-0.1, -0.05) is 6.08 Å². The van der Waals surface area contributed by atoms with Gasteiger partial charge in [-0.05, 0) is 29.3 Å². The minimum absolute atomic E-state index is 0.0156. The minimum atomic E-state index is -4.84. The monoisotopic (exact) mass is 545 g/mol. The molecule has 4 rings (SSSR count). The third kappa shape index (κ3) is 6.40. The van der Waals surface area contributed by atoms with Crippen molar-refractivity contribution in [1.29, 1.82) is 0 Å². The molecule has 16 heteroatoms. The van der Waals surface area contributed by atoms with E-state index < -0.39 is 52.8 Å². The number of benzene rings is 1. The molecule has 13 nitrogen and oxygen atoms in total. The van der Waals surface area contributed by atoms with Crippen LogP contribution < -0.4 is 9.64 Å². The number of amides is 2. The average Bonchev–Trinajstić information content (AvgIpc) is 3.49. The number of hydrogen-bond donors (Lipinski definition) is 2. The van der Waals surface area contributed by atoms with Gasteiger partial charge in [0.1, 0.15) is 31.1 Å². The van der Waals surface area contributed by atoms with E-state index in [0.717, 1.165) is 21.9 Å². The second-order valence-corrected chi connectivity index (χ2v) is 9.13. The van der Waals surface area contributed by atoms with Gasteiger partial charge in [0.25, 0.3) is 11.8 Å². The van der Waals surface area contributed by atoms with Crippen LogP contribution in [-0.2, 0) is 24.1 Å². The Morgan fingerprint density at radius 3 is 2.62 bits per heavy atom. The van der Waals surface area contributed by atoms with E-state index in [0.29, 0.717) is 0 Å². The second kappa shape index (κ2) is 10.8. The normalized spacial score (nSPS) is 19.0. The predicted octanol–water partition coefficient (Wildman–Crippen LogP) is 1.15. The Bertz CT molecular complexity index is 1280. The lowest BCUT2D eigenvalue weighted by Gasteiger charge is -2.28. The Balaban J connectivity index is 1.40. The summed E-state index contributed by atoms with van der Waals surface area (Å²) in [6, 6.07) is 3.46. The van der Waals surface area contributed by atoms with Crippen LogP contribution in [0.5, 0.6) is 5.88 Å². The summed E-state index contributed by atoms with van der Waals surface area (Å²) < 4.78 is 78.8. The summed E-state index contributed by atoms with van der Waals surface area (Å²) in [6.07, 6.45) is -0.660. The van der Waals surface area contributed by atoms with Crippen molar-refractivity contribution in [3.63, 3.8) is 0 Å². The van der Waals surface area contributed by atoms with Gasteiger partial charge < -0.3 is 24.0 Å². The highest BCUT2D eigenvalue weighted by Crippen LogP contribution is 2.32. The third-order valence-electron chi connectivity index (χ3n) is 5.55. The third-order valence-corrected chi connectivity index (χ3v) is 5.98. The minimum Gasteiger partial charge on any atom is -0.471 e. The van der Waals surface area contributed by atoms with E-state index in [4.69, 9.17) is 14.0 Å². The quantitative estimate of drug-likeness (QED) is 0.434. The summed E-state index contributed by atoms with van der Waals surface area (Å²) in [4.78, 5) is 26.7. The molecule has 0 unspecified atom stereocenters. The van der Waals surface area contributed by atoms with E-state index >= 15 is 0 Å². The van der Waals surface area contributed by atoms with Crippen LogP contribution in [0.15, 0.2) is 35.1 Å². The van der Waals surface area contributed by atoms with Gasteiger partial charge in [0.05, 0.1) is 12.2 Å². The van der Waals surface area contributed by atoms with Gasteiger partial charge in [-0.3, -0.25) is 14.2 Å². The van der Waals surface area contributed by atoms with Crippen LogP contribution >= 0.6 is 0 Å². The zero-order valence-electron chi connectivity index (χ0n) is 19.0. The number of nitrogens with zero attached hydrogens (tertiary/aromatic N) is 3. The van der Waals surface area contributed by atoms with Crippen molar-refractivity contribution < 1.29 is 54.6 Å². The highest BCUT2D eigenvalue weighted by Gasteiger charge is 2.34. The molecule has 1 saturated heterocycles. The van der Waals surface area contributed by atoms with Crippen molar-refractivity contribution >= 4 is 33.7 Å². The second-order valence-electron chi connectivity index (χ2n) is 8.04. The van der Waals surface area contributed by atoms with Gasteiger partial charge >= 0.3 is 16.5 Å². The molecular formula is C21H21F2N3O10S. The van der Waals surface area contributed by atoms with E-state index in [2.05, 4.69) is 13.9 Å². The van der Waals surface area contributed by atoms with Gasteiger partial charge in [-0.25, -0.2) is 17.8 Å². The molecule has 200 valence electrons. The SMILES string of the molecule is O=C([C@@H](O)COS(=O)(=O)O)N1CC=C(c2c(F)cc(N3C[C@H](COc4ccon4)OC3=O)cc2F)CC1. The average molecular weight is 545 g/mol. The standard InChI is InChI=1S/C21H21F2N3O10S/c22-15-7-13(26-9-14(36-21(26)29)10-33-18-3-6-34-24-18)8-16(23)19(15)12-1-4-25(5-2-12)20(28)17(27)11-35-37(30,31)32/h1,3,6-8,14,17,27H,2,4-5,9-11H2,(H,30,31,32)/t14-,17+/m1/s1. The summed E-state index contributed by atoms with van der Waals surface area (Å²) in [7, 11) is -4.84. The first kappa shape index (κ1) is 26.5. The topological polar surface area (TPSA) is 169 Å². The first-order valence-electron chi connectivity index (χ1n) is 10.8. The Kier molecular flexibility index (Phi) is 7.72. The maximum absolute atomic E-state index is 15.0. The summed E-state index contributed by atoms with van der Waals surface area (Å²) >= 11 is 0. The number of anilines is 1. The van der Waals surface area contributed by atoms with Gasteiger partial charge in [-0.15, -0.1) is 0 Å². The number of carbonyl (C=O) groups excluding carboxylic acids is 2. The fourth-order valence-corrected chi connectivity index (χ4v) is 4.13. The number of rotatable bonds is 9. The van der Waals surface area contributed by atoms with E-state index in [9.17, 15) is 31.9 Å². The van der Waals surface area contributed by atoms with Crippen LogP contribution in [0.4, 0.5) is 19.3 Å². The first-order valence-corrected chi connectivity index (χ1v) is 12.2. The molecule has 1 aromatic carbocycles. The van der Waals surface area contributed by atoms with Crippen LogP contribution in [0, 0.1) is 11.6 Å². The van der Waals surface area contributed by atoms with Crippen LogP contribution in [0.2, 0.25) is 0 Å².